The monoisotopic (exact) mass is 332 g/mol. The highest BCUT2D eigenvalue weighted by molar-refractivity contribution is 6.00. The molecule has 4 rings (SSSR count). The van der Waals surface area contributed by atoms with Crippen molar-refractivity contribution in [1.82, 2.24) is 15.1 Å². The number of hydrogen-bond acceptors (Lipinski definition) is 4. The van der Waals surface area contributed by atoms with Crippen LogP contribution in [-0.2, 0) is 0 Å². The number of rotatable bonds is 3. The summed E-state index contributed by atoms with van der Waals surface area (Å²) in [5.74, 6) is 0.895. The van der Waals surface area contributed by atoms with Crippen molar-refractivity contribution in [2.75, 3.05) is 25.5 Å². The quantitative estimate of drug-likeness (QED) is 0.783. The fourth-order valence-electron chi connectivity index (χ4n) is 3.61. The van der Waals surface area contributed by atoms with Crippen LogP contribution in [0.4, 0.5) is 5.82 Å². The Balaban J connectivity index is 1.73. The third-order valence-electron chi connectivity index (χ3n) is 4.98. The van der Waals surface area contributed by atoms with Gasteiger partial charge in [-0.3, -0.25) is 0 Å². The van der Waals surface area contributed by atoms with E-state index < -0.39 is 0 Å². The average Bonchev–Trinajstić information content (AvgIpc) is 2.63. The predicted molar refractivity (Wildman–Crippen MR) is 104 cm³/mol. The first-order valence-electron chi connectivity index (χ1n) is 8.98. The molecule has 1 fully saturated rings. The molecule has 0 radical (unpaired) electrons. The summed E-state index contributed by atoms with van der Waals surface area (Å²) in [4.78, 5) is 2.37. The number of nitrogens with zero attached hydrogens (tertiary/aromatic N) is 3. The molecule has 1 aliphatic heterocycles. The highest BCUT2D eigenvalue weighted by atomic mass is 15.2. The maximum absolute atomic E-state index is 4.57. The molecule has 1 atom stereocenters. The number of likely N-dealkylation sites (N-methyl/N-ethyl adjacent to an activating group) is 1. The molecule has 1 N–H and O–H groups in total. The van der Waals surface area contributed by atoms with Gasteiger partial charge in [0.15, 0.2) is 5.82 Å². The van der Waals surface area contributed by atoms with Crippen LogP contribution in [0.15, 0.2) is 48.5 Å². The molecule has 1 saturated heterocycles. The molecule has 4 nitrogen and oxygen atoms in total. The Morgan fingerprint density at radius 3 is 2.52 bits per heavy atom. The van der Waals surface area contributed by atoms with Gasteiger partial charge in [-0.15, -0.1) is 10.2 Å². The Bertz CT molecular complexity index is 873. The van der Waals surface area contributed by atoms with Gasteiger partial charge in [0.1, 0.15) is 5.69 Å². The Morgan fingerprint density at radius 1 is 1.00 bits per heavy atom. The normalized spacial score (nSPS) is 18.4. The van der Waals surface area contributed by atoms with Crippen LogP contribution < -0.4 is 5.32 Å². The number of hydrogen-bond donors (Lipinski definition) is 1. The predicted octanol–water partition coefficient (Wildman–Crippen LogP) is 4.11. The van der Waals surface area contributed by atoms with E-state index in [9.17, 15) is 0 Å². The minimum atomic E-state index is 0.432. The van der Waals surface area contributed by atoms with E-state index in [1.54, 1.807) is 0 Å². The van der Waals surface area contributed by atoms with Gasteiger partial charge < -0.3 is 10.2 Å². The van der Waals surface area contributed by atoms with E-state index >= 15 is 0 Å². The molecule has 0 saturated carbocycles. The van der Waals surface area contributed by atoms with Gasteiger partial charge in [-0.2, -0.15) is 0 Å². The zero-order valence-corrected chi connectivity index (χ0v) is 14.9. The summed E-state index contributed by atoms with van der Waals surface area (Å²) in [6.07, 6.45) is 2.40. The molecular weight excluding hydrogens is 308 g/mol. The topological polar surface area (TPSA) is 41.1 Å². The van der Waals surface area contributed by atoms with Crippen LogP contribution in [-0.4, -0.2) is 41.3 Å². The van der Waals surface area contributed by atoms with Crippen molar-refractivity contribution in [2.45, 2.75) is 25.8 Å². The first kappa shape index (κ1) is 16.0. The zero-order valence-electron chi connectivity index (χ0n) is 14.9. The summed E-state index contributed by atoms with van der Waals surface area (Å²) in [5.41, 5.74) is 3.31. The largest absolute Gasteiger partial charge is 0.364 e. The van der Waals surface area contributed by atoms with E-state index in [0.29, 0.717) is 6.04 Å². The fourth-order valence-corrected chi connectivity index (χ4v) is 3.61. The van der Waals surface area contributed by atoms with Gasteiger partial charge in [0.25, 0.3) is 0 Å². The number of fused-ring (bicyclic) bond motifs is 1. The summed E-state index contributed by atoms with van der Waals surface area (Å²) in [6.45, 7) is 4.33. The third kappa shape index (κ3) is 3.35. The van der Waals surface area contributed by atoms with Crippen molar-refractivity contribution in [3.63, 3.8) is 0 Å². The summed E-state index contributed by atoms with van der Waals surface area (Å²) in [5, 5.41) is 15.0. The van der Waals surface area contributed by atoms with Gasteiger partial charge in [0.2, 0.25) is 0 Å². The summed E-state index contributed by atoms with van der Waals surface area (Å²) in [7, 11) is 2.18. The minimum Gasteiger partial charge on any atom is -0.364 e. The van der Waals surface area contributed by atoms with Crippen molar-refractivity contribution in [3.05, 3.63) is 54.1 Å². The lowest BCUT2D eigenvalue weighted by Crippen LogP contribution is -2.40. The van der Waals surface area contributed by atoms with Gasteiger partial charge in [-0.25, -0.2) is 0 Å². The van der Waals surface area contributed by atoms with Crippen molar-refractivity contribution >= 4 is 16.6 Å². The second kappa shape index (κ2) is 6.81. The molecular formula is C21H24N4. The molecule has 1 aliphatic rings. The van der Waals surface area contributed by atoms with E-state index in [1.807, 2.05) is 0 Å². The molecule has 128 valence electrons. The van der Waals surface area contributed by atoms with Gasteiger partial charge in [-0.1, -0.05) is 54.1 Å². The lowest BCUT2D eigenvalue weighted by atomic mass is 10.0. The van der Waals surface area contributed by atoms with Crippen LogP contribution >= 0.6 is 0 Å². The molecule has 0 bridgehead atoms. The summed E-state index contributed by atoms with van der Waals surface area (Å²) >= 11 is 0. The SMILES string of the molecule is Cc1ccc(-c2nnc(NC3CCCN(C)C3)c3ccccc23)cc1. The third-order valence-corrected chi connectivity index (χ3v) is 4.98. The second-order valence-corrected chi connectivity index (χ2v) is 7.05. The highest BCUT2D eigenvalue weighted by Gasteiger charge is 2.19. The van der Waals surface area contributed by atoms with Crippen molar-refractivity contribution in [1.29, 1.82) is 0 Å². The van der Waals surface area contributed by atoms with E-state index in [-0.39, 0.29) is 0 Å². The van der Waals surface area contributed by atoms with E-state index in [2.05, 4.69) is 82.9 Å². The smallest absolute Gasteiger partial charge is 0.156 e. The molecule has 0 amide bonds. The van der Waals surface area contributed by atoms with Crippen LogP contribution in [0, 0.1) is 6.92 Å². The number of anilines is 1. The molecule has 4 heteroatoms. The Kier molecular flexibility index (Phi) is 4.36. The minimum absolute atomic E-state index is 0.432. The maximum atomic E-state index is 4.57. The standard InChI is InChI=1S/C21H24N4/c1-15-9-11-16(12-10-15)20-18-7-3-4-8-19(18)21(24-23-20)22-17-6-5-13-25(2)14-17/h3-4,7-12,17H,5-6,13-14H2,1-2H3,(H,22,24). The number of nitrogens with one attached hydrogen (secondary N) is 1. The van der Waals surface area contributed by atoms with Gasteiger partial charge in [-0.05, 0) is 33.4 Å². The summed E-state index contributed by atoms with van der Waals surface area (Å²) in [6, 6.07) is 17.3. The van der Waals surface area contributed by atoms with Crippen LogP contribution in [0.25, 0.3) is 22.0 Å². The van der Waals surface area contributed by atoms with Crippen molar-refractivity contribution in [2.24, 2.45) is 0 Å². The van der Waals surface area contributed by atoms with Crippen molar-refractivity contribution < 1.29 is 0 Å². The molecule has 1 unspecified atom stereocenters. The van der Waals surface area contributed by atoms with E-state index in [1.165, 1.54) is 24.9 Å². The molecule has 1 aromatic heterocycles. The van der Waals surface area contributed by atoms with Gasteiger partial charge in [0, 0.05) is 28.9 Å². The van der Waals surface area contributed by atoms with Crippen LogP contribution in [0.2, 0.25) is 0 Å². The fraction of sp³-hybridized carbons (Fsp3) is 0.333. The average molecular weight is 332 g/mol. The lowest BCUT2D eigenvalue weighted by Gasteiger charge is -2.30. The molecule has 2 heterocycles. The number of aromatic nitrogens is 2. The van der Waals surface area contributed by atoms with E-state index in [0.717, 1.165) is 34.4 Å². The zero-order chi connectivity index (χ0) is 17.2. The first-order chi connectivity index (χ1) is 12.2. The Labute approximate surface area is 148 Å². The molecule has 3 aromatic rings. The van der Waals surface area contributed by atoms with E-state index in [4.69, 9.17) is 0 Å². The summed E-state index contributed by atoms with van der Waals surface area (Å²) < 4.78 is 0. The number of aryl methyl sites for hydroxylation is 1. The van der Waals surface area contributed by atoms with Crippen LogP contribution in [0.5, 0.6) is 0 Å². The van der Waals surface area contributed by atoms with Crippen LogP contribution in [0.1, 0.15) is 18.4 Å². The Morgan fingerprint density at radius 2 is 1.76 bits per heavy atom. The number of piperidine rings is 1. The Hall–Kier alpha value is -2.46. The van der Waals surface area contributed by atoms with Crippen LogP contribution in [0.3, 0.4) is 0 Å². The highest BCUT2D eigenvalue weighted by Crippen LogP contribution is 2.30. The second-order valence-electron chi connectivity index (χ2n) is 7.05. The molecule has 0 aliphatic carbocycles. The van der Waals surface area contributed by atoms with Gasteiger partial charge >= 0.3 is 0 Å². The van der Waals surface area contributed by atoms with Gasteiger partial charge in [0.05, 0.1) is 0 Å². The van der Waals surface area contributed by atoms with Crippen molar-refractivity contribution in [3.8, 4) is 11.3 Å². The lowest BCUT2D eigenvalue weighted by molar-refractivity contribution is 0.261. The molecule has 25 heavy (non-hydrogen) atoms. The first-order valence-corrected chi connectivity index (χ1v) is 8.98. The number of benzene rings is 2. The number of likely N-dealkylation sites (tertiary alicyclic amines) is 1. The molecule has 0 spiro atoms. The molecule has 2 aromatic carbocycles. The maximum Gasteiger partial charge on any atom is 0.156 e.